The van der Waals surface area contributed by atoms with Gasteiger partial charge in [-0.3, -0.25) is 0 Å². The average molecular weight is 121 g/mol. The van der Waals surface area contributed by atoms with Gasteiger partial charge in [0.15, 0.2) is 0 Å². The number of hydrogen-bond acceptors (Lipinski definition) is 0. The monoisotopic (exact) mass is 121 g/mol. The topological polar surface area (TPSA) is 0 Å². The summed E-state index contributed by atoms with van der Waals surface area (Å²) in [6.45, 7) is 4.44. The number of rotatable bonds is 1. The normalized spacial score (nSPS) is 18.3. The van der Waals surface area contributed by atoms with E-state index in [-0.39, 0.29) is 0 Å². The largest absolute Gasteiger partial charge is 0.0837 e. The van der Waals surface area contributed by atoms with Crippen LogP contribution in [0.3, 0.4) is 0 Å². The fourth-order valence-electron chi connectivity index (χ4n) is 0.927. The summed E-state index contributed by atoms with van der Waals surface area (Å²) < 4.78 is 0. The summed E-state index contributed by atoms with van der Waals surface area (Å²) in [5, 5.41) is 0. The summed E-state index contributed by atoms with van der Waals surface area (Å²) in [6, 6.07) is 0. The minimum absolute atomic E-state index is 0.679. The summed E-state index contributed by atoms with van der Waals surface area (Å²) in [5.74, 6) is 0.679. The van der Waals surface area contributed by atoms with Gasteiger partial charge in [0.25, 0.3) is 0 Å². The molecule has 0 aromatic carbocycles. The second-order valence-corrected chi connectivity index (χ2v) is 2.70. The average Bonchev–Trinajstić information content (AvgIpc) is 1.90. The van der Waals surface area contributed by atoms with Crippen molar-refractivity contribution in [2.45, 2.75) is 20.3 Å². The first-order chi connectivity index (χ1) is 4.30. The van der Waals surface area contributed by atoms with Crippen LogP contribution in [0.25, 0.3) is 0 Å². The molecule has 0 N–H and O–H groups in total. The fourth-order valence-corrected chi connectivity index (χ4v) is 0.927. The van der Waals surface area contributed by atoms with Crippen LogP contribution >= 0.6 is 0 Å². The highest BCUT2D eigenvalue weighted by Crippen LogP contribution is 2.16. The Labute approximate surface area is 57.3 Å². The molecule has 0 aliphatic heterocycles. The van der Waals surface area contributed by atoms with Gasteiger partial charge in [-0.1, -0.05) is 32.1 Å². The predicted molar refractivity (Wildman–Crippen MR) is 41.0 cm³/mol. The maximum absolute atomic E-state index is 2.22. The summed E-state index contributed by atoms with van der Waals surface area (Å²) in [7, 11) is 0. The van der Waals surface area contributed by atoms with Gasteiger partial charge in [0.2, 0.25) is 0 Å². The van der Waals surface area contributed by atoms with Gasteiger partial charge in [-0.05, 0) is 24.3 Å². The van der Waals surface area contributed by atoms with Crippen molar-refractivity contribution in [1.82, 2.24) is 0 Å². The molecule has 0 heteroatoms. The van der Waals surface area contributed by atoms with Crippen molar-refractivity contribution in [2.24, 2.45) is 5.92 Å². The highest BCUT2D eigenvalue weighted by molar-refractivity contribution is 5.28. The van der Waals surface area contributed by atoms with Crippen molar-refractivity contribution in [3.8, 4) is 0 Å². The summed E-state index contributed by atoms with van der Waals surface area (Å²) in [6.07, 6.45) is 9.94. The molecule has 1 aliphatic carbocycles. The summed E-state index contributed by atoms with van der Waals surface area (Å²) in [5.41, 5.74) is 1.45. The van der Waals surface area contributed by atoms with Crippen molar-refractivity contribution in [2.75, 3.05) is 0 Å². The molecular formula is C9H13. The molecule has 0 heterocycles. The van der Waals surface area contributed by atoms with E-state index >= 15 is 0 Å². The smallest absolute Gasteiger partial charge is 0.0127 e. The quantitative estimate of drug-likeness (QED) is 0.500. The van der Waals surface area contributed by atoms with Gasteiger partial charge < -0.3 is 0 Å². The molecule has 49 valence electrons. The van der Waals surface area contributed by atoms with Crippen LogP contribution in [0, 0.1) is 12.3 Å². The van der Waals surface area contributed by atoms with Gasteiger partial charge in [0, 0.05) is 0 Å². The van der Waals surface area contributed by atoms with Crippen molar-refractivity contribution in [3.05, 3.63) is 30.2 Å². The third-order valence-corrected chi connectivity index (χ3v) is 1.56. The standard InChI is InChI=1S/C9H13/c1-8(2)9-6-4-3-5-7-9/h4-8H,3H2,1-2H3. The van der Waals surface area contributed by atoms with Crippen LogP contribution in [-0.2, 0) is 0 Å². The maximum atomic E-state index is 2.22. The fraction of sp³-hybridized carbons (Fsp3) is 0.444. The van der Waals surface area contributed by atoms with E-state index in [4.69, 9.17) is 0 Å². The lowest BCUT2D eigenvalue weighted by atomic mass is 9.97. The highest BCUT2D eigenvalue weighted by atomic mass is 14.1. The van der Waals surface area contributed by atoms with Crippen LogP contribution in [0.4, 0.5) is 0 Å². The summed E-state index contributed by atoms with van der Waals surface area (Å²) >= 11 is 0. The van der Waals surface area contributed by atoms with Crippen LogP contribution in [0.1, 0.15) is 20.3 Å². The molecule has 0 nitrogen and oxygen atoms in total. The third kappa shape index (κ3) is 1.70. The van der Waals surface area contributed by atoms with Gasteiger partial charge in [-0.2, -0.15) is 0 Å². The lowest BCUT2D eigenvalue weighted by Gasteiger charge is -2.08. The van der Waals surface area contributed by atoms with E-state index in [1.54, 1.807) is 0 Å². The molecule has 0 atom stereocenters. The number of allylic oxidation sites excluding steroid dienone is 4. The molecule has 9 heavy (non-hydrogen) atoms. The molecule has 0 saturated carbocycles. The van der Waals surface area contributed by atoms with E-state index in [1.807, 2.05) is 0 Å². The Morgan fingerprint density at radius 1 is 1.44 bits per heavy atom. The molecule has 1 aliphatic rings. The predicted octanol–water partition coefficient (Wildman–Crippen LogP) is 2.73. The first-order valence-electron chi connectivity index (χ1n) is 3.50. The number of hydrogen-bond donors (Lipinski definition) is 0. The molecule has 0 aromatic rings. The van der Waals surface area contributed by atoms with Crippen LogP contribution in [0.15, 0.2) is 23.8 Å². The second-order valence-electron chi connectivity index (χ2n) is 2.70. The van der Waals surface area contributed by atoms with Crippen molar-refractivity contribution >= 4 is 0 Å². The molecular weight excluding hydrogens is 108 g/mol. The Morgan fingerprint density at radius 2 is 2.22 bits per heavy atom. The minimum Gasteiger partial charge on any atom is -0.0837 e. The highest BCUT2D eigenvalue weighted by Gasteiger charge is 2.00. The maximum Gasteiger partial charge on any atom is -0.0127 e. The summed E-state index contributed by atoms with van der Waals surface area (Å²) in [4.78, 5) is 0. The Kier molecular flexibility index (Phi) is 2.10. The second kappa shape index (κ2) is 2.86. The molecule has 0 amide bonds. The Balaban J connectivity index is 2.58. The molecule has 0 saturated heterocycles. The van der Waals surface area contributed by atoms with Gasteiger partial charge >= 0.3 is 0 Å². The van der Waals surface area contributed by atoms with Crippen molar-refractivity contribution in [1.29, 1.82) is 0 Å². The SMILES string of the molecule is CC(C)C1=C[CH]CC=C1. The van der Waals surface area contributed by atoms with E-state index in [2.05, 4.69) is 38.5 Å². The first kappa shape index (κ1) is 6.60. The van der Waals surface area contributed by atoms with E-state index in [1.165, 1.54) is 5.57 Å². The van der Waals surface area contributed by atoms with Crippen LogP contribution in [-0.4, -0.2) is 0 Å². The van der Waals surface area contributed by atoms with E-state index in [0.717, 1.165) is 6.42 Å². The third-order valence-electron chi connectivity index (χ3n) is 1.56. The molecule has 0 fully saturated rings. The van der Waals surface area contributed by atoms with E-state index in [9.17, 15) is 0 Å². The lowest BCUT2D eigenvalue weighted by Crippen LogP contribution is -1.93. The van der Waals surface area contributed by atoms with Crippen LogP contribution in [0.5, 0.6) is 0 Å². The molecule has 1 rings (SSSR count). The van der Waals surface area contributed by atoms with Crippen LogP contribution in [0.2, 0.25) is 0 Å². The van der Waals surface area contributed by atoms with Crippen molar-refractivity contribution in [3.63, 3.8) is 0 Å². The lowest BCUT2D eigenvalue weighted by molar-refractivity contribution is 0.785. The van der Waals surface area contributed by atoms with Gasteiger partial charge in [0.1, 0.15) is 0 Å². The van der Waals surface area contributed by atoms with Crippen LogP contribution < -0.4 is 0 Å². The van der Waals surface area contributed by atoms with E-state index in [0.29, 0.717) is 5.92 Å². The van der Waals surface area contributed by atoms with Gasteiger partial charge in [-0.15, -0.1) is 0 Å². The zero-order valence-corrected chi connectivity index (χ0v) is 6.09. The van der Waals surface area contributed by atoms with Gasteiger partial charge in [-0.25, -0.2) is 0 Å². The zero-order chi connectivity index (χ0) is 6.69. The molecule has 0 aromatic heterocycles. The molecule has 0 spiro atoms. The first-order valence-corrected chi connectivity index (χ1v) is 3.50. The van der Waals surface area contributed by atoms with Crippen molar-refractivity contribution < 1.29 is 0 Å². The molecule has 0 unspecified atom stereocenters. The van der Waals surface area contributed by atoms with E-state index < -0.39 is 0 Å². The molecule has 1 radical (unpaired) electrons. The Bertz CT molecular complexity index is 138. The van der Waals surface area contributed by atoms with Gasteiger partial charge in [0.05, 0.1) is 0 Å². The Morgan fingerprint density at radius 3 is 2.56 bits per heavy atom. The molecule has 0 bridgehead atoms. The zero-order valence-electron chi connectivity index (χ0n) is 6.09. The Hall–Kier alpha value is -0.520. The minimum atomic E-state index is 0.679.